The number of hydrogen-bond donors (Lipinski definition) is 1. The van der Waals surface area contributed by atoms with Crippen molar-refractivity contribution >= 4 is 48.3 Å². The molecule has 7 heteroatoms. The number of benzene rings is 2. The topological polar surface area (TPSA) is 89.0 Å². The predicted molar refractivity (Wildman–Crippen MR) is 125 cm³/mol. The minimum absolute atomic E-state index is 0.205. The van der Waals surface area contributed by atoms with Gasteiger partial charge in [-0.15, -0.1) is 0 Å². The lowest BCUT2D eigenvalue weighted by molar-refractivity contribution is 0.607. The van der Waals surface area contributed by atoms with Crippen molar-refractivity contribution in [3.63, 3.8) is 0 Å². The van der Waals surface area contributed by atoms with E-state index in [4.69, 9.17) is 0 Å². The lowest BCUT2D eigenvalue weighted by Gasteiger charge is -2.05. The van der Waals surface area contributed by atoms with Crippen LogP contribution in [0, 0.1) is 0 Å². The molecule has 0 radical (unpaired) electrons. The quantitative estimate of drug-likeness (QED) is 0.463. The van der Waals surface area contributed by atoms with E-state index in [0.29, 0.717) is 27.4 Å². The van der Waals surface area contributed by atoms with Crippen LogP contribution in [0.1, 0.15) is 0 Å². The average Bonchev–Trinajstić information content (AvgIpc) is 2.89. The molecule has 2 heterocycles. The molecule has 5 aromatic rings. The molecule has 31 heavy (non-hydrogen) atoms. The van der Waals surface area contributed by atoms with E-state index >= 15 is 0 Å². The summed E-state index contributed by atoms with van der Waals surface area (Å²) in [7, 11) is -3.45. The second-order valence-corrected chi connectivity index (χ2v) is 9.15. The lowest BCUT2D eigenvalue weighted by atomic mass is 10.0. The summed E-state index contributed by atoms with van der Waals surface area (Å²) in [5, 5.41) is 2.60. The van der Waals surface area contributed by atoms with Gasteiger partial charge in [0.05, 0.1) is 17.3 Å². The number of hydrogen-bond acceptors (Lipinski definition) is 5. The van der Waals surface area contributed by atoms with E-state index in [1.165, 1.54) is 0 Å². The van der Waals surface area contributed by atoms with Gasteiger partial charge in [0.15, 0.2) is 5.43 Å². The van der Waals surface area contributed by atoms with Crippen LogP contribution in [0.2, 0.25) is 0 Å². The van der Waals surface area contributed by atoms with Crippen molar-refractivity contribution in [3.8, 4) is 11.1 Å². The summed E-state index contributed by atoms with van der Waals surface area (Å²) in [5.41, 5.74) is 3.36. The Labute approximate surface area is 178 Å². The second kappa shape index (κ2) is 7.14. The van der Waals surface area contributed by atoms with Gasteiger partial charge < -0.3 is 0 Å². The van der Waals surface area contributed by atoms with E-state index in [-0.39, 0.29) is 5.43 Å². The SMILES string of the molecule is CS(=O)(=O)Nc1ccc2ccc3ncc(-c4ccc5ncccc5c4)cc3c(=O)c2c1. The van der Waals surface area contributed by atoms with Crippen LogP contribution < -0.4 is 10.2 Å². The van der Waals surface area contributed by atoms with E-state index < -0.39 is 10.0 Å². The van der Waals surface area contributed by atoms with Crippen LogP contribution in [0.25, 0.3) is 43.7 Å². The molecule has 0 aliphatic heterocycles. The van der Waals surface area contributed by atoms with Crippen LogP contribution in [0.3, 0.4) is 0 Å². The van der Waals surface area contributed by atoms with E-state index in [0.717, 1.165) is 28.3 Å². The Hall–Kier alpha value is -3.84. The van der Waals surface area contributed by atoms with Crippen LogP contribution >= 0.6 is 0 Å². The van der Waals surface area contributed by atoms with Crippen molar-refractivity contribution in [1.29, 1.82) is 0 Å². The summed E-state index contributed by atoms with van der Waals surface area (Å²) in [6, 6.07) is 20.2. The summed E-state index contributed by atoms with van der Waals surface area (Å²) in [6.07, 6.45) is 4.58. The first-order valence-corrected chi connectivity index (χ1v) is 11.5. The predicted octanol–water partition coefficient (Wildman–Crippen LogP) is 4.33. The second-order valence-electron chi connectivity index (χ2n) is 7.41. The maximum Gasteiger partial charge on any atom is 0.229 e. The van der Waals surface area contributed by atoms with Gasteiger partial charge in [-0.1, -0.05) is 24.3 Å². The number of aromatic nitrogens is 2. The van der Waals surface area contributed by atoms with Gasteiger partial charge in [0.2, 0.25) is 10.0 Å². The normalized spacial score (nSPS) is 11.8. The van der Waals surface area contributed by atoms with Crippen molar-refractivity contribution in [2.24, 2.45) is 0 Å². The molecule has 0 atom stereocenters. The monoisotopic (exact) mass is 427 g/mol. The van der Waals surface area contributed by atoms with Crippen LogP contribution in [-0.2, 0) is 10.0 Å². The first-order chi connectivity index (χ1) is 14.9. The van der Waals surface area contributed by atoms with Crippen LogP contribution in [0.15, 0.2) is 83.9 Å². The Kier molecular flexibility index (Phi) is 4.41. The number of nitrogens with zero attached hydrogens (tertiary/aromatic N) is 2. The highest BCUT2D eigenvalue weighted by Crippen LogP contribution is 2.26. The Morgan fingerprint density at radius 2 is 1.58 bits per heavy atom. The highest BCUT2D eigenvalue weighted by Gasteiger charge is 2.09. The zero-order valence-corrected chi connectivity index (χ0v) is 17.3. The fourth-order valence-corrected chi connectivity index (χ4v) is 4.25. The molecular weight excluding hydrogens is 410 g/mol. The molecule has 3 aromatic carbocycles. The van der Waals surface area contributed by atoms with Crippen LogP contribution in [0.4, 0.5) is 5.69 Å². The third kappa shape index (κ3) is 3.71. The lowest BCUT2D eigenvalue weighted by Crippen LogP contribution is -2.10. The first-order valence-electron chi connectivity index (χ1n) is 9.57. The van der Waals surface area contributed by atoms with E-state index in [1.807, 2.05) is 42.5 Å². The van der Waals surface area contributed by atoms with Crippen molar-refractivity contribution in [3.05, 3.63) is 89.3 Å². The number of anilines is 1. The third-order valence-electron chi connectivity index (χ3n) is 5.12. The molecule has 0 amide bonds. The number of rotatable bonds is 3. The van der Waals surface area contributed by atoms with Gasteiger partial charge in [-0.3, -0.25) is 19.5 Å². The largest absolute Gasteiger partial charge is 0.289 e. The standard InChI is InChI=1S/C24H17N3O3S/c1-31(29,30)27-19-7-4-15-5-9-23-21(24(28)20(15)13-19)12-18(14-26-23)16-6-8-22-17(11-16)3-2-10-25-22/h2-14,27H,1H3. The van der Waals surface area contributed by atoms with Crippen molar-refractivity contribution in [2.75, 3.05) is 11.0 Å². The molecule has 2 aromatic heterocycles. The van der Waals surface area contributed by atoms with Gasteiger partial charge in [0.25, 0.3) is 0 Å². The molecule has 0 unspecified atom stereocenters. The van der Waals surface area contributed by atoms with E-state index in [9.17, 15) is 13.2 Å². The van der Waals surface area contributed by atoms with Crippen molar-refractivity contribution < 1.29 is 8.42 Å². The van der Waals surface area contributed by atoms with Crippen LogP contribution in [-0.4, -0.2) is 24.6 Å². The summed E-state index contributed by atoms with van der Waals surface area (Å²) in [5.74, 6) is 0. The summed E-state index contributed by atoms with van der Waals surface area (Å²) >= 11 is 0. The molecule has 6 nitrogen and oxygen atoms in total. The Morgan fingerprint density at radius 1 is 0.774 bits per heavy atom. The molecule has 0 bridgehead atoms. The average molecular weight is 427 g/mol. The minimum atomic E-state index is -3.45. The zero-order chi connectivity index (χ0) is 21.6. The Bertz CT molecular complexity index is 1660. The maximum atomic E-state index is 13.4. The molecule has 0 saturated heterocycles. The number of fused-ring (bicyclic) bond motifs is 3. The summed E-state index contributed by atoms with van der Waals surface area (Å²) in [4.78, 5) is 22.2. The maximum absolute atomic E-state index is 13.4. The summed E-state index contributed by atoms with van der Waals surface area (Å²) < 4.78 is 25.6. The van der Waals surface area contributed by atoms with Gasteiger partial charge in [0.1, 0.15) is 0 Å². The van der Waals surface area contributed by atoms with E-state index in [2.05, 4.69) is 14.7 Å². The smallest absolute Gasteiger partial charge is 0.229 e. The minimum Gasteiger partial charge on any atom is -0.289 e. The van der Waals surface area contributed by atoms with Gasteiger partial charge in [-0.25, -0.2) is 8.42 Å². The molecule has 0 spiro atoms. The van der Waals surface area contributed by atoms with Gasteiger partial charge in [-0.05, 0) is 53.4 Å². The molecule has 0 saturated carbocycles. The number of pyridine rings is 2. The van der Waals surface area contributed by atoms with Crippen molar-refractivity contribution in [2.45, 2.75) is 0 Å². The van der Waals surface area contributed by atoms with Gasteiger partial charge >= 0.3 is 0 Å². The fraction of sp³-hybridized carbons (Fsp3) is 0.0417. The molecule has 1 N–H and O–H groups in total. The highest BCUT2D eigenvalue weighted by atomic mass is 32.2. The molecule has 0 aliphatic rings. The van der Waals surface area contributed by atoms with Gasteiger partial charge in [-0.2, -0.15) is 0 Å². The molecule has 0 aliphatic carbocycles. The number of nitrogens with one attached hydrogen (secondary N) is 1. The first kappa shape index (κ1) is 19.1. The molecular formula is C24H17N3O3S. The highest BCUT2D eigenvalue weighted by molar-refractivity contribution is 7.92. The zero-order valence-electron chi connectivity index (χ0n) is 16.5. The molecule has 152 valence electrons. The van der Waals surface area contributed by atoms with Crippen LogP contribution in [0.5, 0.6) is 0 Å². The summed E-state index contributed by atoms with van der Waals surface area (Å²) in [6.45, 7) is 0. The number of sulfonamides is 1. The molecule has 0 fully saturated rings. The third-order valence-corrected chi connectivity index (χ3v) is 5.73. The Balaban J connectivity index is 1.73. The Morgan fingerprint density at radius 3 is 2.42 bits per heavy atom. The molecule has 5 rings (SSSR count). The van der Waals surface area contributed by atoms with E-state index in [1.54, 1.807) is 36.7 Å². The fourth-order valence-electron chi connectivity index (χ4n) is 3.69. The van der Waals surface area contributed by atoms with Gasteiger partial charge in [0, 0.05) is 39.8 Å². The van der Waals surface area contributed by atoms with Crippen molar-refractivity contribution in [1.82, 2.24) is 9.97 Å².